The maximum absolute atomic E-state index is 12.4. The van der Waals surface area contributed by atoms with E-state index in [1.54, 1.807) is 13.8 Å². The van der Waals surface area contributed by atoms with Crippen LogP contribution in [0.25, 0.3) is 0 Å². The Bertz CT molecular complexity index is 709. The lowest BCUT2D eigenvalue weighted by molar-refractivity contribution is -0.119. The van der Waals surface area contributed by atoms with E-state index in [0.717, 1.165) is 0 Å². The van der Waals surface area contributed by atoms with Gasteiger partial charge >= 0.3 is 6.61 Å². The summed E-state index contributed by atoms with van der Waals surface area (Å²) in [5.41, 5.74) is 0.384. The van der Waals surface area contributed by atoms with Crippen LogP contribution in [0, 0.1) is 0 Å². The second-order valence-electron chi connectivity index (χ2n) is 4.78. The third-order valence-electron chi connectivity index (χ3n) is 3.07. The Balaban J connectivity index is 2.13. The first-order valence-electron chi connectivity index (χ1n) is 7.13. The molecule has 2 rings (SSSR count). The van der Waals surface area contributed by atoms with Crippen molar-refractivity contribution in [1.82, 2.24) is 9.78 Å². The lowest BCUT2D eigenvalue weighted by atomic mass is 10.2. The van der Waals surface area contributed by atoms with E-state index in [9.17, 15) is 13.6 Å². The number of rotatable bonds is 7. The number of benzene rings is 1. The zero-order valence-corrected chi connectivity index (χ0v) is 13.8. The van der Waals surface area contributed by atoms with Gasteiger partial charge in [0.05, 0.1) is 17.8 Å². The van der Waals surface area contributed by atoms with E-state index in [-0.39, 0.29) is 24.0 Å². The van der Waals surface area contributed by atoms with Gasteiger partial charge in [0, 0.05) is 18.0 Å². The molecule has 0 saturated heterocycles. The topological polar surface area (TPSA) is 65.4 Å². The van der Waals surface area contributed by atoms with Crippen molar-refractivity contribution < 1.29 is 23.0 Å². The Morgan fingerprint density at radius 3 is 2.75 bits per heavy atom. The molecule has 0 saturated carbocycles. The van der Waals surface area contributed by atoms with Gasteiger partial charge in [-0.25, -0.2) is 0 Å². The highest BCUT2D eigenvalue weighted by atomic mass is 35.5. The number of hydrogen-bond acceptors (Lipinski definition) is 4. The van der Waals surface area contributed by atoms with E-state index in [1.807, 2.05) is 0 Å². The van der Waals surface area contributed by atoms with Crippen molar-refractivity contribution >= 4 is 23.2 Å². The fraction of sp³-hybridized carbons (Fsp3) is 0.333. The Hall–Kier alpha value is -2.35. The zero-order valence-electron chi connectivity index (χ0n) is 13.0. The van der Waals surface area contributed by atoms with E-state index in [0.29, 0.717) is 10.7 Å². The van der Waals surface area contributed by atoms with Crippen LogP contribution >= 0.6 is 11.6 Å². The van der Waals surface area contributed by atoms with Gasteiger partial charge in [0.2, 0.25) is 5.91 Å². The minimum Gasteiger partial charge on any atom is -0.490 e. The molecule has 1 aromatic carbocycles. The van der Waals surface area contributed by atoms with Gasteiger partial charge in [0.1, 0.15) is 6.04 Å². The molecule has 0 aliphatic heterocycles. The van der Waals surface area contributed by atoms with Gasteiger partial charge in [-0.3, -0.25) is 9.48 Å². The summed E-state index contributed by atoms with van der Waals surface area (Å²) in [7, 11) is 0. The van der Waals surface area contributed by atoms with E-state index in [1.165, 1.54) is 35.3 Å². The van der Waals surface area contributed by atoms with Gasteiger partial charge in [-0.15, -0.1) is 0 Å². The third-order valence-corrected chi connectivity index (χ3v) is 3.27. The quantitative estimate of drug-likeness (QED) is 0.818. The van der Waals surface area contributed by atoms with E-state index >= 15 is 0 Å². The Morgan fingerprint density at radius 2 is 2.17 bits per heavy atom. The van der Waals surface area contributed by atoms with Crippen molar-refractivity contribution in [2.24, 2.45) is 0 Å². The molecule has 1 aromatic heterocycles. The summed E-state index contributed by atoms with van der Waals surface area (Å²) in [4.78, 5) is 12.2. The molecule has 0 radical (unpaired) electrons. The largest absolute Gasteiger partial charge is 0.490 e. The van der Waals surface area contributed by atoms with Gasteiger partial charge < -0.3 is 14.8 Å². The molecule has 1 amide bonds. The van der Waals surface area contributed by atoms with Crippen LogP contribution in [-0.4, -0.2) is 28.9 Å². The molecule has 0 aliphatic rings. The van der Waals surface area contributed by atoms with Crippen molar-refractivity contribution in [1.29, 1.82) is 0 Å². The molecule has 24 heavy (non-hydrogen) atoms. The van der Waals surface area contributed by atoms with Crippen molar-refractivity contribution in [3.8, 4) is 11.5 Å². The van der Waals surface area contributed by atoms with Crippen LogP contribution in [0.2, 0.25) is 5.02 Å². The SMILES string of the molecule is CCOc1cc(NC(=O)C(C)n2cc(Cl)cn2)ccc1OC(F)F. The molecule has 9 heteroatoms. The van der Waals surface area contributed by atoms with Crippen molar-refractivity contribution in [3.63, 3.8) is 0 Å². The smallest absolute Gasteiger partial charge is 0.387 e. The highest BCUT2D eigenvalue weighted by Crippen LogP contribution is 2.32. The number of hydrogen-bond donors (Lipinski definition) is 1. The summed E-state index contributed by atoms with van der Waals surface area (Å²) >= 11 is 5.78. The summed E-state index contributed by atoms with van der Waals surface area (Å²) < 4.78 is 35.8. The average molecular weight is 360 g/mol. The van der Waals surface area contributed by atoms with Crippen LogP contribution in [-0.2, 0) is 4.79 Å². The third kappa shape index (κ3) is 4.58. The number of amides is 1. The number of carbonyl (C=O) groups is 1. The van der Waals surface area contributed by atoms with E-state index in [4.69, 9.17) is 16.3 Å². The second-order valence-corrected chi connectivity index (χ2v) is 5.21. The number of halogens is 3. The molecule has 1 unspecified atom stereocenters. The minimum absolute atomic E-state index is 0.100. The fourth-order valence-electron chi connectivity index (χ4n) is 1.94. The summed E-state index contributed by atoms with van der Waals surface area (Å²) in [6.45, 7) is 0.658. The molecule has 0 bridgehead atoms. The predicted molar refractivity (Wildman–Crippen MR) is 84.8 cm³/mol. The number of anilines is 1. The summed E-state index contributed by atoms with van der Waals surface area (Å²) in [5, 5.41) is 7.05. The summed E-state index contributed by atoms with van der Waals surface area (Å²) in [6.07, 6.45) is 2.95. The molecule has 130 valence electrons. The number of ether oxygens (including phenoxy) is 2. The molecule has 0 spiro atoms. The highest BCUT2D eigenvalue weighted by molar-refractivity contribution is 6.30. The molecule has 1 atom stereocenters. The highest BCUT2D eigenvalue weighted by Gasteiger charge is 2.17. The van der Waals surface area contributed by atoms with Gasteiger partial charge in [-0.2, -0.15) is 13.9 Å². The molecule has 6 nitrogen and oxygen atoms in total. The molecule has 1 N–H and O–H groups in total. The lowest BCUT2D eigenvalue weighted by Crippen LogP contribution is -2.24. The van der Waals surface area contributed by atoms with Gasteiger partial charge in [0.25, 0.3) is 0 Å². The minimum atomic E-state index is -2.96. The van der Waals surface area contributed by atoms with Gasteiger partial charge in [-0.1, -0.05) is 11.6 Å². The Labute approximate surface area is 142 Å². The van der Waals surface area contributed by atoms with Crippen molar-refractivity contribution in [2.75, 3.05) is 11.9 Å². The summed E-state index contributed by atoms with van der Waals surface area (Å²) in [5.74, 6) is -0.332. The first-order chi connectivity index (χ1) is 11.4. The number of nitrogens with one attached hydrogen (secondary N) is 1. The van der Waals surface area contributed by atoms with Crippen LogP contribution in [0.1, 0.15) is 19.9 Å². The Morgan fingerprint density at radius 1 is 1.42 bits per heavy atom. The number of alkyl halides is 2. The van der Waals surface area contributed by atoms with Crippen LogP contribution in [0.5, 0.6) is 11.5 Å². The molecule has 1 heterocycles. The molecule has 2 aromatic rings. The van der Waals surface area contributed by atoms with Crippen molar-refractivity contribution in [2.45, 2.75) is 26.5 Å². The molecular weight excluding hydrogens is 344 g/mol. The second kappa shape index (κ2) is 7.96. The standard InChI is InChI=1S/C15H16ClF2N3O3/c1-3-23-13-6-11(4-5-12(13)24-15(17)18)20-14(22)9(2)21-8-10(16)7-19-21/h4-9,15H,3H2,1-2H3,(H,20,22). The van der Waals surface area contributed by atoms with Crippen LogP contribution in [0.4, 0.5) is 14.5 Å². The maximum atomic E-state index is 12.4. The summed E-state index contributed by atoms with van der Waals surface area (Å²) in [6, 6.07) is 3.57. The number of carbonyl (C=O) groups excluding carboxylic acids is 1. The maximum Gasteiger partial charge on any atom is 0.387 e. The average Bonchev–Trinajstić information content (AvgIpc) is 2.95. The monoisotopic (exact) mass is 359 g/mol. The van der Waals surface area contributed by atoms with Gasteiger partial charge in [0.15, 0.2) is 11.5 Å². The lowest BCUT2D eigenvalue weighted by Gasteiger charge is -2.15. The molecule has 0 fully saturated rings. The first-order valence-corrected chi connectivity index (χ1v) is 7.50. The van der Waals surface area contributed by atoms with Gasteiger partial charge in [-0.05, 0) is 26.0 Å². The first kappa shape index (κ1) is 18.0. The van der Waals surface area contributed by atoms with Crippen LogP contribution in [0.3, 0.4) is 0 Å². The van der Waals surface area contributed by atoms with Crippen LogP contribution in [0.15, 0.2) is 30.6 Å². The zero-order chi connectivity index (χ0) is 17.7. The molecule has 0 aliphatic carbocycles. The van der Waals surface area contributed by atoms with Crippen LogP contribution < -0.4 is 14.8 Å². The van der Waals surface area contributed by atoms with Crippen molar-refractivity contribution in [3.05, 3.63) is 35.6 Å². The number of aromatic nitrogens is 2. The van der Waals surface area contributed by atoms with E-state index in [2.05, 4.69) is 15.2 Å². The van der Waals surface area contributed by atoms with E-state index < -0.39 is 12.7 Å². The fourth-order valence-corrected chi connectivity index (χ4v) is 2.08. The molecular formula is C15H16ClF2N3O3. The normalized spacial score (nSPS) is 12.1. The Kier molecular flexibility index (Phi) is 5.97. The number of nitrogens with zero attached hydrogens (tertiary/aromatic N) is 2. The predicted octanol–water partition coefficient (Wildman–Crippen LogP) is 3.74.